The molecule has 20 heavy (non-hydrogen) atoms. The monoisotopic (exact) mass is 279 g/mol. The van der Waals surface area contributed by atoms with Crippen molar-refractivity contribution in [2.45, 2.75) is 20.0 Å². The zero-order chi connectivity index (χ0) is 15.0. The van der Waals surface area contributed by atoms with Crippen LogP contribution in [0.15, 0.2) is 18.2 Å². The van der Waals surface area contributed by atoms with Crippen LogP contribution in [-0.2, 0) is 4.74 Å². The predicted molar refractivity (Wildman–Crippen MR) is 73.8 cm³/mol. The lowest BCUT2D eigenvalue weighted by Gasteiger charge is -2.09. The molecule has 0 heterocycles. The van der Waals surface area contributed by atoms with Gasteiger partial charge in [-0.3, -0.25) is 4.79 Å². The molecule has 0 bridgehead atoms. The van der Waals surface area contributed by atoms with Crippen LogP contribution in [0.25, 0.3) is 0 Å². The van der Waals surface area contributed by atoms with Gasteiger partial charge in [-0.25, -0.2) is 4.39 Å². The van der Waals surface area contributed by atoms with Gasteiger partial charge < -0.3 is 15.2 Å². The molecule has 1 amide bonds. The van der Waals surface area contributed by atoms with Crippen molar-refractivity contribution in [2.24, 2.45) is 0 Å². The lowest BCUT2D eigenvalue weighted by atomic mass is 10.1. The molecule has 1 aromatic carbocycles. The molecule has 0 unspecified atom stereocenters. The number of hydrogen-bond donors (Lipinski definition) is 2. The fourth-order valence-electron chi connectivity index (χ4n) is 1.45. The number of amides is 1. The second-order valence-corrected chi connectivity index (χ2v) is 4.33. The van der Waals surface area contributed by atoms with Crippen LogP contribution in [-0.4, -0.2) is 36.9 Å². The van der Waals surface area contributed by atoms with E-state index in [1.807, 2.05) is 13.8 Å². The van der Waals surface area contributed by atoms with Gasteiger partial charge in [0.1, 0.15) is 12.4 Å². The summed E-state index contributed by atoms with van der Waals surface area (Å²) in [4.78, 5) is 11.8. The van der Waals surface area contributed by atoms with Gasteiger partial charge in [0.25, 0.3) is 5.91 Å². The highest BCUT2D eigenvalue weighted by Crippen LogP contribution is 2.09. The number of halogens is 1. The van der Waals surface area contributed by atoms with Crippen LogP contribution in [0, 0.1) is 17.7 Å². The Kier molecular flexibility index (Phi) is 6.71. The first-order valence-electron chi connectivity index (χ1n) is 6.33. The molecule has 108 valence electrons. The van der Waals surface area contributed by atoms with Gasteiger partial charge in [0, 0.05) is 12.1 Å². The molecule has 0 fully saturated rings. The van der Waals surface area contributed by atoms with Crippen LogP contribution in [0.3, 0.4) is 0 Å². The van der Waals surface area contributed by atoms with Crippen molar-refractivity contribution in [3.05, 3.63) is 35.1 Å². The zero-order valence-corrected chi connectivity index (χ0v) is 11.6. The minimum atomic E-state index is -0.586. The van der Waals surface area contributed by atoms with Crippen molar-refractivity contribution in [1.29, 1.82) is 0 Å². The molecule has 0 saturated heterocycles. The maximum atomic E-state index is 13.6. The molecule has 4 nitrogen and oxygen atoms in total. The minimum Gasteiger partial charge on any atom is -0.384 e. The average molecular weight is 279 g/mol. The third-order valence-corrected chi connectivity index (χ3v) is 2.37. The number of ether oxygens (including phenoxy) is 1. The molecule has 2 N–H and O–H groups in total. The van der Waals surface area contributed by atoms with E-state index in [2.05, 4.69) is 17.2 Å². The number of nitrogens with one attached hydrogen (secondary N) is 1. The number of rotatable bonds is 5. The van der Waals surface area contributed by atoms with Crippen molar-refractivity contribution >= 4 is 5.91 Å². The Balaban J connectivity index is 2.59. The Morgan fingerprint density at radius 2 is 2.25 bits per heavy atom. The number of aliphatic hydroxyl groups excluding tert-OH is 1. The molecule has 0 spiro atoms. The van der Waals surface area contributed by atoms with E-state index >= 15 is 0 Å². The number of aliphatic hydroxyl groups is 1. The van der Waals surface area contributed by atoms with E-state index in [1.54, 1.807) is 0 Å². The van der Waals surface area contributed by atoms with E-state index in [1.165, 1.54) is 12.1 Å². The van der Waals surface area contributed by atoms with Gasteiger partial charge in [-0.05, 0) is 32.0 Å². The van der Waals surface area contributed by atoms with Gasteiger partial charge in [-0.15, -0.1) is 0 Å². The van der Waals surface area contributed by atoms with Gasteiger partial charge in [-0.1, -0.05) is 11.8 Å². The summed E-state index contributed by atoms with van der Waals surface area (Å²) in [5, 5.41) is 11.2. The molecule has 0 aliphatic carbocycles. The highest BCUT2D eigenvalue weighted by Gasteiger charge is 2.08. The topological polar surface area (TPSA) is 58.6 Å². The lowest BCUT2D eigenvalue weighted by Crippen LogP contribution is -2.28. The van der Waals surface area contributed by atoms with Crippen LogP contribution in [0.2, 0.25) is 0 Å². The highest BCUT2D eigenvalue weighted by atomic mass is 19.1. The fourth-order valence-corrected chi connectivity index (χ4v) is 1.45. The molecule has 5 heteroatoms. The minimum absolute atomic E-state index is 0.105. The van der Waals surface area contributed by atoms with Crippen molar-refractivity contribution < 1.29 is 19.0 Å². The van der Waals surface area contributed by atoms with Crippen LogP contribution in [0.1, 0.15) is 29.8 Å². The summed E-state index contributed by atoms with van der Waals surface area (Å²) in [6, 6.07) is 4.03. The van der Waals surface area contributed by atoms with Crippen LogP contribution in [0.5, 0.6) is 0 Å². The number of carbonyl (C=O) groups is 1. The Bertz CT molecular complexity index is 518. The summed E-state index contributed by atoms with van der Waals surface area (Å²) >= 11 is 0. The molecular formula is C15H18FNO3. The smallest absolute Gasteiger partial charge is 0.251 e. The van der Waals surface area contributed by atoms with Crippen molar-refractivity contribution in [2.75, 3.05) is 19.8 Å². The molecular weight excluding hydrogens is 261 g/mol. The second-order valence-electron chi connectivity index (χ2n) is 4.33. The molecule has 1 rings (SSSR count). The van der Waals surface area contributed by atoms with Crippen molar-refractivity contribution in [1.82, 2.24) is 5.32 Å². The number of benzene rings is 1. The summed E-state index contributed by atoms with van der Waals surface area (Å²) in [5.41, 5.74) is 0.375. The van der Waals surface area contributed by atoms with Gasteiger partial charge in [0.2, 0.25) is 0 Å². The van der Waals surface area contributed by atoms with Gasteiger partial charge >= 0.3 is 0 Å². The first-order chi connectivity index (χ1) is 9.54. The normalized spacial score (nSPS) is 10.1. The first kappa shape index (κ1) is 16.2. The number of hydrogen-bond acceptors (Lipinski definition) is 3. The van der Waals surface area contributed by atoms with E-state index in [-0.39, 0.29) is 29.7 Å². The fraction of sp³-hybridized carbons (Fsp3) is 0.400. The van der Waals surface area contributed by atoms with E-state index in [0.29, 0.717) is 13.2 Å². The predicted octanol–water partition coefficient (Wildman–Crippen LogP) is 1.32. The summed E-state index contributed by atoms with van der Waals surface area (Å²) in [5.74, 6) is 3.87. The quantitative estimate of drug-likeness (QED) is 0.631. The zero-order valence-electron chi connectivity index (χ0n) is 11.6. The van der Waals surface area contributed by atoms with E-state index < -0.39 is 5.82 Å². The lowest BCUT2D eigenvalue weighted by molar-refractivity contribution is 0.0746. The van der Waals surface area contributed by atoms with E-state index in [0.717, 1.165) is 6.07 Å². The molecule has 0 aromatic heterocycles. The standard InChI is InChI=1S/C15H18FNO3/c1-11(2)20-9-7-17-15(19)13-6-5-12(4-3-8-18)14(16)10-13/h5-6,10-11,18H,7-9H2,1-2H3,(H,17,19). The summed E-state index contributed by atoms with van der Waals surface area (Å²) < 4.78 is 18.9. The molecule has 0 radical (unpaired) electrons. The molecule has 1 aromatic rings. The third-order valence-electron chi connectivity index (χ3n) is 2.37. The maximum Gasteiger partial charge on any atom is 0.251 e. The van der Waals surface area contributed by atoms with Gasteiger partial charge in [-0.2, -0.15) is 0 Å². The molecule has 0 saturated carbocycles. The Morgan fingerprint density at radius 1 is 1.50 bits per heavy atom. The largest absolute Gasteiger partial charge is 0.384 e. The van der Waals surface area contributed by atoms with Gasteiger partial charge in [0.15, 0.2) is 0 Å². The Labute approximate surface area is 117 Å². The highest BCUT2D eigenvalue weighted by molar-refractivity contribution is 5.94. The van der Waals surface area contributed by atoms with Gasteiger partial charge in [0.05, 0.1) is 18.3 Å². The molecule has 0 aliphatic rings. The van der Waals surface area contributed by atoms with Crippen LogP contribution in [0.4, 0.5) is 4.39 Å². The van der Waals surface area contributed by atoms with Crippen LogP contribution < -0.4 is 5.32 Å². The van der Waals surface area contributed by atoms with Crippen molar-refractivity contribution in [3.8, 4) is 11.8 Å². The van der Waals surface area contributed by atoms with E-state index in [9.17, 15) is 9.18 Å². The third kappa shape index (κ3) is 5.39. The Hall–Kier alpha value is -1.90. The molecule has 0 aliphatic heterocycles. The maximum absolute atomic E-state index is 13.6. The first-order valence-corrected chi connectivity index (χ1v) is 6.33. The summed E-state index contributed by atoms with van der Waals surface area (Å²) in [6.07, 6.45) is 0.105. The Morgan fingerprint density at radius 3 is 2.85 bits per heavy atom. The SMILES string of the molecule is CC(C)OCCNC(=O)c1ccc(C#CCO)c(F)c1. The average Bonchev–Trinajstić information content (AvgIpc) is 2.41. The summed E-state index contributed by atoms with van der Waals surface area (Å²) in [7, 11) is 0. The number of carbonyl (C=O) groups excluding carboxylic acids is 1. The van der Waals surface area contributed by atoms with E-state index in [4.69, 9.17) is 9.84 Å². The second kappa shape index (κ2) is 8.31. The summed E-state index contributed by atoms with van der Waals surface area (Å²) in [6.45, 7) is 4.25. The molecule has 0 atom stereocenters. The van der Waals surface area contributed by atoms with Crippen LogP contribution >= 0.6 is 0 Å². The van der Waals surface area contributed by atoms with Crippen molar-refractivity contribution in [3.63, 3.8) is 0 Å².